The molecule has 0 aliphatic heterocycles. The number of ketones is 1. The fraction of sp³-hybridized carbons (Fsp3) is 0.154. The summed E-state index contributed by atoms with van der Waals surface area (Å²) in [5, 5.41) is 1.90. The summed E-state index contributed by atoms with van der Waals surface area (Å²) in [6, 6.07) is 9.54. The largest absolute Gasteiger partial charge is 0.496 e. The van der Waals surface area contributed by atoms with Crippen molar-refractivity contribution in [3.8, 4) is 5.75 Å². The molecule has 0 aliphatic rings. The Hall–Kier alpha value is -0.880. The van der Waals surface area contributed by atoms with Gasteiger partial charge in [-0.2, -0.15) is 0 Å². The summed E-state index contributed by atoms with van der Waals surface area (Å²) in [7, 11) is 1.62. The van der Waals surface area contributed by atoms with Crippen LogP contribution in [-0.2, 0) is 6.42 Å². The van der Waals surface area contributed by atoms with Crippen LogP contribution in [0.3, 0.4) is 0 Å². The van der Waals surface area contributed by atoms with Crippen molar-refractivity contribution in [3.05, 3.63) is 49.7 Å². The van der Waals surface area contributed by atoms with E-state index in [4.69, 9.17) is 4.74 Å². The van der Waals surface area contributed by atoms with E-state index in [-0.39, 0.29) is 5.78 Å². The molecule has 0 fully saturated rings. The molecule has 0 saturated heterocycles. The topological polar surface area (TPSA) is 26.3 Å². The van der Waals surface area contributed by atoms with Crippen molar-refractivity contribution in [1.29, 1.82) is 0 Å². The van der Waals surface area contributed by atoms with Crippen molar-refractivity contribution in [1.82, 2.24) is 0 Å². The Balaban J connectivity index is 2.18. The van der Waals surface area contributed by atoms with Gasteiger partial charge in [-0.05, 0) is 34.7 Å². The van der Waals surface area contributed by atoms with Crippen molar-refractivity contribution in [2.24, 2.45) is 0 Å². The number of methoxy groups -OCH3 is 1. The van der Waals surface area contributed by atoms with E-state index in [1.54, 1.807) is 18.4 Å². The first-order valence-electron chi connectivity index (χ1n) is 5.10. The Labute approximate surface area is 118 Å². The van der Waals surface area contributed by atoms with Gasteiger partial charge >= 0.3 is 0 Å². The zero-order valence-electron chi connectivity index (χ0n) is 9.27. The van der Waals surface area contributed by atoms with E-state index in [0.29, 0.717) is 6.42 Å². The molecule has 0 aliphatic carbocycles. The number of ether oxygens (including phenoxy) is 1. The number of benzene rings is 1. The molecule has 0 unspecified atom stereocenters. The van der Waals surface area contributed by atoms with Crippen LogP contribution < -0.4 is 4.74 Å². The van der Waals surface area contributed by atoms with Crippen molar-refractivity contribution >= 4 is 39.7 Å². The molecule has 2 rings (SSSR count). The van der Waals surface area contributed by atoms with Gasteiger partial charge in [0.25, 0.3) is 0 Å². The lowest BCUT2D eigenvalue weighted by Crippen LogP contribution is -2.03. The number of para-hydroxylation sites is 1. The van der Waals surface area contributed by atoms with Gasteiger partial charge in [0, 0.05) is 22.9 Å². The number of thiophene rings is 1. The zero-order valence-corrected chi connectivity index (χ0v) is 12.2. The van der Waals surface area contributed by atoms with Crippen LogP contribution in [0, 0.1) is 2.88 Å². The summed E-state index contributed by atoms with van der Waals surface area (Å²) in [6.07, 6.45) is 0.386. The Morgan fingerprint density at radius 1 is 1.41 bits per heavy atom. The van der Waals surface area contributed by atoms with E-state index >= 15 is 0 Å². The monoisotopic (exact) mass is 358 g/mol. The predicted molar refractivity (Wildman–Crippen MR) is 78.1 cm³/mol. The van der Waals surface area contributed by atoms with Crippen LogP contribution in [0.15, 0.2) is 35.7 Å². The number of hydrogen-bond acceptors (Lipinski definition) is 3. The Morgan fingerprint density at radius 2 is 2.18 bits per heavy atom. The van der Waals surface area contributed by atoms with Crippen LogP contribution in [0.5, 0.6) is 5.75 Å². The molecular formula is C13H11IO2S. The quantitative estimate of drug-likeness (QED) is 0.614. The minimum Gasteiger partial charge on any atom is -0.496 e. The highest BCUT2D eigenvalue weighted by Crippen LogP contribution is 2.22. The highest BCUT2D eigenvalue weighted by molar-refractivity contribution is 14.1. The van der Waals surface area contributed by atoms with Crippen LogP contribution in [0.4, 0.5) is 0 Å². The van der Waals surface area contributed by atoms with Gasteiger partial charge in [0.1, 0.15) is 5.75 Å². The van der Waals surface area contributed by atoms with Crippen LogP contribution in [0.25, 0.3) is 0 Å². The second kappa shape index (κ2) is 5.64. The molecule has 0 saturated carbocycles. The van der Waals surface area contributed by atoms with Gasteiger partial charge in [-0.3, -0.25) is 4.79 Å². The summed E-state index contributed by atoms with van der Waals surface area (Å²) >= 11 is 3.81. The lowest BCUT2D eigenvalue weighted by Gasteiger charge is -2.06. The van der Waals surface area contributed by atoms with Crippen molar-refractivity contribution < 1.29 is 9.53 Å². The van der Waals surface area contributed by atoms with Gasteiger partial charge < -0.3 is 4.74 Å². The van der Waals surface area contributed by atoms with Crippen LogP contribution >= 0.6 is 33.9 Å². The summed E-state index contributed by atoms with van der Waals surface area (Å²) in [6.45, 7) is 0. The minimum absolute atomic E-state index is 0.133. The van der Waals surface area contributed by atoms with E-state index < -0.39 is 0 Å². The lowest BCUT2D eigenvalue weighted by molar-refractivity contribution is 0.0992. The Morgan fingerprint density at radius 3 is 2.82 bits per heavy atom. The van der Waals surface area contributed by atoms with Crippen LogP contribution in [0.1, 0.15) is 15.9 Å². The first-order chi connectivity index (χ1) is 8.20. The van der Waals surface area contributed by atoms with E-state index in [1.807, 2.05) is 35.7 Å². The second-order valence-electron chi connectivity index (χ2n) is 3.55. The number of carbonyl (C=O) groups is 1. The minimum atomic E-state index is 0.133. The molecule has 1 aromatic carbocycles. The summed E-state index contributed by atoms with van der Waals surface area (Å²) in [5.74, 6) is 0.902. The number of carbonyl (C=O) groups excluding carboxylic acids is 1. The molecule has 0 radical (unpaired) electrons. The van der Waals surface area contributed by atoms with E-state index in [9.17, 15) is 4.79 Å². The number of hydrogen-bond donors (Lipinski definition) is 0. The normalized spacial score (nSPS) is 10.2. The SMILES string of the molecule is COc1ccccc1CC(=O)c1csc(I)c1. The molecule has 2 nitrogen and oxygen atoms in total. The van der Waals surface area contributed by atoms with Gasteiger partial charge in [0.15, 0.2) is 5.78 Å². The standard InChI is InChI=1S/C13H11IO2S/c1-16-12-5-3-2-4-9(12)6-11(15)10-7-13(14)17-8-10/h2-5,7-8H,6H2,1H3. The van der Waals surface area contributed by atoms with Crippen LogP contribution in [0.2, 0.25) is 0 Å². The van der Waals surface area contributed by atoms with Gasteiger partial charge in [-0.1, -0.05) is 18.2 Å². The molecular weight excluding hydrogens is 347 g/mol. The lowest BCUT2D eigenvalue weighted by atomic mass is 10.0. The average molecular weight is 358 g/mol. The number of Topliss-reactive ketones (excluding diaryl/α,β-unsaturated/α-hetero) is 1. The van der Waals surface area contributed by atoms with Crippen molar-refractivity contribution in [2.45, 2.75) is 6.42 Å². The average Bonchev–Trinajstić information content (AvgIpc) is 2.77. The van der Waals surface area contributed by atoms with Gasteiger partial charge in [-0.15, -0.1) is 11.3 Å². The first kappa shape index (κ1) is 12.6. The fourth-order valence-electron chi connectivity index (χ4n) is 1.58. The summed E-state index contributed by atoms with van der Waals surface area (Å²) in [5.41, 5.74) is 1.71. The third kappa shape index (κ3) is 3.07. The molecule has 0 bridgehead atoms. The van der Waals surface area contributed by atoms with E-state index in [0.717, 1.165) is 19.8 Å². The smallest absolute Gasteiger partial charge is 0.168 e. The maximum atomic E-state index is 12.0. The molecule has 4 heteroatoms. The third-order valence-electron chi connectivity index (χ3n) is 2.43. The number of halogens is 1. The maximum Gasteiger partial charge on any atom is 0.168 e. The molecule has 1 aromatic heterocycles. The fourth-order valence-corrected chi connectivity index (χ4v) is 2.93. The molecule has 88 valence electrons. The van der Waals surface area contributed by atoms with Gasteiger partial charge in [0.2, 0.25) is 0 Å². The molecule has 1 heterocycles. The number of rotatable bonds is 4. The van der Waals surface area contributed by atoms with Crippen molar-refractivity contribution in [2.75, 3.05) is 7.11 Å². The second-order valence-corrected chi connectivity index (χ2v) is 6.36. The predicted octanol–water partition coefficient (Wildman–Crippen LogP) is 3.79. The van der Waals surface area contributed by atoms with E-state index in [1.165, 1.54) is 0 Å². The molecule has 0 amide bonds. The van der Waals surface area contributed by atoms with Gasteiger partial charge in [-0.25, -0.2) is 0 Å². The highest BCUT2D eigenvalue weighted by Gasteiger charge is 2.11. The zero-order chi connectivity index (χ0) is 12.3. The molecule has 0 spiro atoms. The molecule has 17 heavy (non-hydrogen) atoms. The van der Waals surface area contributed by atoms with Crippen LogP contribution in [-0.4, -0.2) is 12.9 Å². The Kier molecular flexibility index (Phi) is 4.17. The summed E-state index contributed by atoms with van der Waals surface area (Å²) < 4.78 is 6.37. The van der Waals surface area contributed by atoms with Gasteiger partial charge in [0.05, 0.1) is 9.99 Å². The first-order valence-corrected chi connectivity index (χ1v) is 7.05. The summed E-state index contributed by atoms with van der Waals surface area (Å²) in [4.78, 5) is 12.0. The highest BCUT2D eigenvalue weighted by atomic mass is 127. The third-order valence-corrected chi connectivity index (χ3v) is 4.22. The molecule has 0 atom stereocenters. The van der Waals surface area contributed by atoms with Crippen molar-refractivity contribution in [3.63, 3.8) is 0 Å². The molecule has 0 N–H and O–H groups in total. The maximum absolute atomic E-state index is 12.0. The molecule has 2 aromatic rings. The van der Waals surface area contributed by atoms with E-state index in [2.05, 4.69) is 22.6 Å². The Bertz CT molecular complexity index is 534.